The van der Waals surface area contributed by atoms with E-state index in [-0.39, 0.29) is 18.4 Å². The van der Waals surface area contributed by atoms with E-state index < -0.39 is 5.60 Å². The van der Waals surface area contributed by atoms with E-state index in [2.05, 4.69) is 10.6 Å². The highest BCUT2D eigenvalue weighted by atomic mass is 35.5. The lowest BCUT2D eigenvalue weighted by Crippen LogP contribution is -2.37. The fraction of sp³-hybridized carbons (Fsp3) is 0.556. The van der Waals surface area contributed by atoms with Crippen molar-refractivity contribution in [2.45, 2.75) is 38.8 Å². The Balaban J connectivity index is 2.74. The summed E-state index contributed by atoms with van der Waals surface area (Å²) in [5.41, 5.74) is 0.628. The smallest absolute Gasteiger partial charge is 0.308 e. The molecule has 0 amide bonds. The van der Waals surface area contributed by atoms with Crippen molar-refractivity contribution >= 4 is 23.3 Å². The molecule has 1 aromatic rings. The van der Waals surface area contributed by atoms with Gasteiger partial charge < -0.3 is 20.1 Å². The number of carbonyl (C=O) groups excluding carboxylic acids is 1. The average Bonchev–Trinajstić information content (AvgIpc) is 2.49. The van der Waals surface area contributed by atoms with Gasteiger partial charge in [0.15, 0.2) is 0 Å². The van der Waals surface area contributed by atoms with E-state index in [0.29, 0.717) is 30.3 Å². The predicted octanol–water partition coefficient (Wildman–Crippen LogP) is 2.96. The Kier molecular flexibility index (Phi) is 8.70. The summed E-state index contributed by atoms with van der Waals surface area (Å²) in [6, 6.07) is 6.93. The van der Waals surface area contributed by atoms with Gasteiger partial charge in [0.1, 0.15) is 11.7 Å². The molecule has 1 aromatic carbocycles. The Morgan fingerprint density at radius 3 is 2.68 bits per heavy atom. The Bertz CT molecular complexity index is 609. The van der Waals surface area contributed by atoms with Crippen LogP contribution in [0.4, 0.5) is 5.69 Å². The maximum atomic E-state index is 12.1. The molecule has 2 N–H and O–H groups in total. The van der Waals surface area contributed by atoms with Gasteiger partial charge in [0, 0.05) is 31.9 Å². The molecule has 1 rings (SSSR count). The third kappa shape index (κ3) is 8.73. The number of carbonyl (C=O) groups is 1. The minimum atomic E-state index is -0.525. The number of hydrogen-bond donors (Lipinski definition) is 2. The molecule has 0 aliphatic rings. The van der Waals surface area contributed by atoms with E-state index >= 15 is 0 Å². The number of halogens is 1. The molecule has 1 atom stereocenters. The lowest BCUT2D eigenvalue weighted by molar-refractivity contribution is -0.155. The number of methoxy groups -OCH3 is 1. The molecule has 0 radical (unpaired) electrons. The number of nitrogens with zero attached hydrogens (tertiary/aromatic N) is 1. The molecule has 6 nitrogen and oxygen atoms in total. The number of hydrogen-bond acceptors (Lipinski definition) is 6. The van der Waals surface area contributed by atoms with Crippen LogP contribution in [-0.2, 0) is 14.3 Å². The Hall–Kier alpha value is -1.81. The molecule has 0 aliphatic heterocycles. The first-order valence-electron chi connectivity index (χ1n) is 8.13. The standard InChI is InChI=1S/C18H26ClN3O3/c1-18(2,3)25-17(23)10-15(12-21-7-8-24-4)22-14-6-5-13(11-20)16(19)9-14/h5-6,9,15,21-22H,7-8,10,12H2,1-4H3. The molecule has 138 valence electrons. The summed E-state index contributed by atoms with van der Waals surface area (Å²) in [7, 11) is 1.64. The van der Waals surface area contributed by atoms with Crippen LogP contribution in [0.5, 0.6) is 0 Å². The second-order valence-electron chi connectivity index (χ2n) is 6.64. The highest BCUT2D eigenvalue weighted by Gasteiger charge is 2.20. The number of ether oxygens (including phenoxy) is 2. The zero-order valence-electron chi connectivity index (χ0n) is 15.2. The van der Waals surface area contributed by atoms with Crippen molar-refractivity contribution in [2.75, 3.05) is 32.1 Å². The van der Waals surface area contributed by atoms with Crippen LogP contribution in [0, 0.1) is 11.3 Å². The summed E-state index contributed by atoms with van der Waals surface area (Å²) in [5.74, 6) is -0.279. The van der Waals surface area contributed by atoms with Crippen LogP contribution in [0.2, 0.25) is 5.02 Å². The second-order valence-corrected chi connectivity index (χ2v) is 7.04. The topological polar surface area (TPSA) is 83.4 Å². The van der Waals surface area contributed by atoms with Gasteiger partial charge in [-0.2, -0.15) is 5.26 Å². The Morgan fingerprint density at radius 2 is 2.12 bits per heavy atom. The van der Waals surface area contributed by atoms with Crippen LogP contribution < -0.4 is 10.6 Å². The van der Waals surface area contributed by atoms with Crippen LogP contribution in [0.3, 0.4) is 0 Å². The molecular weight excluding hydrogens is 342 g/mol. The SMILES string of the molecule is COCCNCC(CC(=O)OC(C)(C)C)Nc1ccc(C#N)c(Cl)c1. The molecule has 0 spiro atoms. The lowest BCUT2D eigenvalue weighted by Gasteiger charge is -2.24. The fourth-order valence-corrected chi connectivity index (χ4v) is 2.36. The summed E-state index contributed by atoms with van der Waals surface area (Å²) >= 11 is 6.07. The third-order valence-corrected chi connectivity index (χ3v) is 3.48. The third-order valence-electron chi connectivity index (χ3n) is 3.17. The van der Waals surface area contributed by atoms with Crippen molar-refractivity contribution in [1.82, 2.24) is 5.32 Å². The molecule has 0 aromatic heterocycles. The van der Waals surface area contributed by atoms with Crippen LogP contribution in [0.25, 0.3) is 0 Å². The fourth-order valence-electron chi connectivity index (χ4n) is 2.14. The first-order chi connectivity index (χ1) is 11.7. The predicted molar refractivity (Wildman–Crippen MR) is 98.8 cm³/mol. The van der Waals surface area contributed by atoms with Gasteiger partial charge in [-0.3, -0.25) is 4.79 Å². The molecule has 25 heavy (non-hydrogen) atoms. The Morgan fingerprint density at radius 1 is 1.40 bits per heavy atom. The van der Waals surface area contributed by atoms with Gasteiger partial charge in [0.2, 0.25) is 0 Å². The number of benzene rings is 1. The van der Waals surface area contributed by atoms with Gasteiger partial charge >= 0.3 is 5.97 Å². The Labute approximate surface area is 154 Å². The minimum Gasteiger partial charge on any atom is -0.460 e. The molecule has 0 fully saturated rings. The lowest BCUT2D eigenvalue weighted by atomic mass is 10.1. The number of esters is 1. The summed E-state index contributed by atoms with van der Waals surface area (Å²) < 4.78 is 10.4. The average molecular weight is 368 g/mol. The van der Waals surface area contributed by atoms with E-state index in [1.165, 1.54) is 0 Å². The van der Waals surface area contributed by atoms with Gasteiger partial charge in [0.05, 0.1) is 23.6 Å². The molecule has 0 heterocycles. The number of nitrogens with one attached hydrogen (secondary N) is 2. The van der Waals surface area contributed by atoms with Gasteiger partial charge in [-0.1, -0.05) is 11.6 Å². The molecule has 7 heteroatoms. The van der Waals surface area contributed by atoms with Crippen molar-refractivity contribution in [1.29, 1.82) is 5.26 Å². The monoisotopic (exact) mass is 367 g/mol. The van der Waals surface area contributed by atoms with Crippen LogP contribution in [-0.4, -0.2) is 44.4 Å². The molecule has 0 saturated carbocycles. The highest BCUT2D eigenvalue weighted by Crippen LogP contribution is 2.21. The van der Waals surface area contributed by atoms with Gasteiger partial charge in [-0.25, -0.2) is 0 Å². The normalized spacial score (nSPS) is 12.3. The van der Waals surface area contributed by atoms with Gasteiger partial charge in [-0.15, -0.1) is 0 Å². The summed E-state index contributed by atoms with van der Waals surface area (Å²) in [5, 5.41) is 15.8. The van der Waals surface area contributed by atoms with E-state index in [0.717, 1.165) is 5.69 Å². The van der Waals surface area contributed by atoms with E-state index in [1.807, 2.05) is 26.8 Å². The number of anilines is 1. The van der Waals surface area contributed by atoms with Crippen molar-refractivity contribution < 1.29 is 14.3 Å². The van der Waals surface area contributed by atoms with Gasteiger partial charge in [-0.05, 0) is 39.0 Å². The van der Waals surface area contributed by atoms with Crippen molar-refractivity contribution in [3.63, 3.8) is 0 Å². The van der Waals surface area contributed by atoms with Crippen LogP contribution in [0.1, 0.15) is 32.8 Å². The van der Waals surface area contributed by atoms with Gasteiger partial charge in [0.25, 0.3) is 0 Å². The first-order valence-corrected chi connectivity index (χ1v) is 8.50. The first kappa shape index (κ1) is 21.2. The van der Waals surface area contributed by atoms with Crippen molar-refractivity contribution in [3.05, 3.63) is 28.8 Å². The number of nitriles is 1. The van der Waals surface area contributed by atoms with Crippen LogP contribution in [0.15, 0.2) is 18.2 Å². The van der Waals surface area contributed by atoms with E-state index in [4.69, 9.17) is 26.3 Å². The summed E-state index contributed by atoms with van der Waals surface area (Å²) in [6.45, 7) is 7.33. The highest BCUT2D eigenvalue weighted by molar-refractivity contribution is 6.32. The van der Waals surface area contributed by atoms with E-state index in [9.17, 15) is 4.79 Å². The van der Waals surface area contributed by atoms with Crippen molar-refractivity contribution in [2.24, 2.45) is 0 Å². The molecule has 1 unspecified atom stereocenters. The summed E-state index contributed by atoms with van der Waals surface area (Å²) in [6.07, 6.45) is 0.203. The number of rotatable bonds is 9. The zero-order valence-corrected chi connectivity index (χ0v) is 15.9. The second kappa shape index (κ2) is 10.2. The zero-order chi connectivity index (χ0) is 18.9. The van der Waals surface area contributed by atoms with Crippen LogP contribution >= 0.6 is 11.6 Å². The largest absolute Gasteiger partial charge is 0.460 e. The van der Waals surface area contributed by atoms with E-state index in [1.54, 1.807) is 25.3 Å². The maximum absolute atomic E-state index is 12.1. The minimum absolute atomic E-state index is 0.185. The van der Waals surface area contributed by atoms with Crippen molar-refractivity contribution in [3.8, 4) is 6.07 Å². The maximum Gasteiger partial charge on any atom is 0.308 e. The quantitative estimate of drug-likeness (QED) is 0.515. The summed E-state index contributed by atoms with van der Waals surface area (Å²) in [4.78, 5) is 12.1. The molecule has 0 bridgehead atoms. The molecule has 0 aliphatic carbocycles. The molecule has 0 saturated heterocycles. The molecular formula is C18H26ClN3O3.